The molecule has 15 heteroatoms. The van der Waals surface area contributed by atoms with Gasteiger partial charge in [0.05, 0.1) is 5.02 Å². The summed E-state index contributed by atoms with van der Waals surface area (Å²) in [7, 11) is 3.09. The molecule has 5 atom stereocenters. The lowest BCUT2D eigenvalue weighted by molar-refractivity contribution is -0.201. The molecule has 1 aromatic heterocycles. The molecule has 0 radical (unpaired) electrons. The quantitative estimate of drug-likeness (QED) is 0.160. The zero-order chi connectivity index (χ0) is 26.3. The number of aromatic nitrogens is 1. The third kappa shape index (κ3) is 7.72. The highest BCUT2D eigenvalue weighted by atomic mass is 35.5. The first-order valence-electron chi connectivity index (χ1n) is 10.2. The number of pyridine rings is 1. The van der Waals surface area contributed by atoms with E-state index >= 15 is 0 Å². The van der Waals surface area contributed by atoms with Crippen LogP contribution in [-0.4, -0.2) is 84.2 Å². The van der Waals surface area contributed by atoms with Crippen molar-refractivity contribution in [2.45, 2.75) is 55.5 Å². The van der Waals surface area contributed by atoms with Crippen LogP contribution in [0.3, 0.4) is 0 Å². The molecule has 0 N–H and O–H groups in total. The zero-order valence-corrected chi connectivity index (χ0v) is 21.1. The molecule has 2 rings (SSSR count). The second-order valence-electron chi connectivity index (χ2n) is 7.51. The molecule has 13 nitrogen and oxygen atoms in total. The van der Waals surface area contributed by atoms with Crippen molar-refractivity contribution >= 4 is 47.2 Å². The Morgan fingerprint density at radius 2 is 1.80 bits per heavy atom. The molecule has 2 heterocycles. The Labute approximate surface area is 210 Å². The molecule has 1 aliphatic heterocycles. The second kappa shape index (κ2) is 12.6. The van der Waals surface area contributed by atoms with E-state index in [1.54, 1.807) is 14.1 Å². The Bertz CT molecular complexity index is 1030. The van der Waals surface area contributed by atoms with Gasteiger partial charge in [0.1, 0.15) is 42.1 Å². The van der Waals surface area contributed by atoms with Gasteiger partial charge in [0.2, 0.25) is 0 Å². The van der Waals surface area contributed by atoms with E-state index in [9.17, 15) is 24.7 Å². The number of hydrogen-bond acceptors (Lipinski definition) is 11. The fraction of sp³-hybridized carbons (Fsp3) is 0.550. The smallest absolute Gasteiger partial charge is 0.303 e. The van der Waals surface area contributed by atoms with Gasteiger partial charge in [-0.2, -0.15) is 0 Å². The van der Waals surface area contributed by atoms with Gasteiger partial charge in [-0.3, -0.25) is 19.2 Å². The van der Waals surface area contributed by atoms with Gasteiger partial charge in [-0.25, -0.2) is 4.98 Å². The maximum absolute atomic E-state index is 12.7. The van der Waals surface area contributed by atoms with Gasteiger partial charge in [-0.1, -0.05) is 28.5 Å². The van der Waals surface area contributed by atoms with Crippen molar-refractivity contribution in [1.82, 2.24) is 9.88 Å². The Morgan fingerprint density at radius 1 is 1.17 bits per heavy atom. The molecular weight excluding hydrogens is 506 g/mol. The predicted octanol–water partition coefficient (Wildman–Crippen LogP) is 2.36. The molecule has 0 bridgehead atoms. The summed E-state index contributed by atoms with van der Waals surface area (Å²) in [5, 5.41) is 3.93. The molecule has 1 aromatic rings. The Balaban J connectivity index is 2.57. The van der Waals surface area contributed by atoms with Crippen LogP contribution in [-0.2, 0) is 33.3 Å². The van der Waals surface area contributed by atoms with E-state index in [1.807, 2.05) is 0 Å². The molecule has 1 aliphatic rings. The van der Waals surface area contributed by atoms with Crippen LogP contribution in [0.25, 0.3) is 10.4 Å². The van der Waals surface area contributed by atoms with Crippen molar-refractivity contribution in [2.24, 2.45) is 5.11 Å². The van der Waals surface area contributed by atoms with Crippen LogP contribution in [0.5, 0.6) is 0 Å². The van der Waals surface area contributed by atoms with Crippen LogP contribution in [0.2, 0.25) is 5.02 Å². The van der Waals surface area contributed by atoms with Crippen LogP contribution in [0.15, 0.2) is 22.3 Å². The number of esters is 3. The first kappa shape index (κ1) is 28.2. The summed E-state index contributed by atoms with van der Waals surface area (Å²) < 4.78 is 21.8. The number of azide groups is 1. The molecule has 0 aliphatic carbocycles. The number of carbonyl (C=O) groups excluding carboxylic acids is 4. The number of thioether (sulfide) groups is 1. The normalized spacial score (nSPS) is 23.4. The molecule has 35 heavy (non-hydrogen) atoms. The molecule has 1 amide bonds. The van der Waals surface area contributed by atoms with Gasteiger partial charge in [0, 0.05) is 50.9 Å². The van der Waals surface area contributed by atoms with Crippen molar-refractivity contribution < 1.29 is 38.1 Å². The molecular formula is C20H24ClN5O8S. The van der Waals surface area contributed by atoms with Gasteiger partial charge in [0.25, 0.3) is 5.91 Å². The van der Waals surface area contributed by atoms with Crippen LogP contribution in [0.4, 0.5) is 0 Å². The molecule has 0 aromatic carbocycles. The highest BCUT2D eigenvalue weighted by Gasteiger charge is 2.50. The number of carbonyl (C=O) groups is 4. The summed E-state index contributed by atoms with van der Waals surface area (Å²) >= 11 is 7.03. The number of rotatable bonds is 8. The fourth-order valence-electron chi connectivity index (χ4n) is 3.18. The summed E-state index contributed by atoms with van der Waals surface area (Å²) in [5.74, 6) is -2.50. The lowest BCUT2D eigenvalue weighted by Gasteiger charge is -2.43. The maximum Gasteiger partial charge on any atom is 0.303 e. The minimum atomic E-state index is -1.26. The molecule has 0 spiro atoms. The number of nitrogens with zero attached hydrogens (tertiary/aromatic N) is 5. The Kier molecular flexibility index (Phi) is 10.1. The number of amides is 1. The van der Waals surface area contributed by atoms with Crippen molar-refractivity contribution in [3.05, 3.63) is 33.4 Å². The maximum atomic E-state index is 12.7. The SMILES string of the molecule is CC(=O)OC[C@H]1O[C@H](Sc2cc(Cl)cnc2C(=O)N(C)C)[C@H](OC(C)=O)[C@@H](N=[N+]=[N-])[C@H]1OC(C)=O. The molecule has 0 unspecified atom stereocenters. The fourth-order valence-corrected chi connectivity index (χ4v) is 4.65. The minimum Gasteiger partial charge on any atom is -0.463 e. The highest BCUT2D eigenvalue weighted by molar-refractivity contribution is 8.00. The van der Waals surface area contributed by atoms with E-state index < -0.39 is 53.6 Å². The summed E-state index contributed by atoms with van der Waals surface area (Å²) in [6.07, 6.45) is -2.30. The van der Waals surface area contributed by atoms with Crippen LogP contribution < -0.4 is 0 Å². The van der Waals surface area contributed by atoms with Gasteiger partial charge in [0.15, 0.2) is 0 Å². The van der Waals surface area contributed by atoms with E-state index in [-0.39, 0.29) is 22.2 Å². The Hall–Kier alpha value is -3.06. The number of halogens is 1. The first-order valence-corrected chi connectivity index (χ1v) is 11.4. The average Bonchev–Trinajstić information content (AvgIpc) is 2.75. The molecule has 190 valence electrons. The van der Waals surface area contributed by atoms with E-state index in [0.717, 1.165) is 25.6 Å². The van der Waals surface area contributed by atoms with E-state index in [2.05, 4.69) is 15.0 Å². The zero-order valence-electron chi connectivity index (χ0n) is 19.5. The lowest BCUT2D eigenvalue weighted by Crippen LogP contribution is -2.59. The van der Waals surface area contributed by atoms with Gasteiger partial charge >= 0.3 is 17.9 Å². The molecule has 1 saturated heterocycles. The monoisotopic (exact) mass is 529 g/mol. The third-order valence-electron chi connectivity index (χ3n) is 4.53. The summed E-state index contributed by atoms with van der Waals surface area (Å²) in [6, 6.07) is 0.228. The standard InChI is InChI=1S/C20H24ClN5O8S/c1-9(27)31-8-13-17(32-10(2)28)16(24-25-22)18(33-11(3)29)20(34-13)35-14-6-12(21)7-23-15(14)19(30)26(4)5/h6-7,13,16-18,20H,8H2,1-5H3/t13-,16+,17+,18-,20-/m1/s1. The van der Waals surface area contributed by atoms with E-state index in [0.29, 0.717) is 0 Å². The third-order valence-corrected chi connectivity index (χ3v) is 5.91. The van der Waals surface area contributed by atoms with E-state index in [4.69, 9.17) is 30.5 Å². The van der Waals surface area contributed by atoms with Gasteiger partial charge in [-0.05, 0) is 11.6 Å². The summed E-state index contributed by atoms with van der Waals surface area (Å²) in [4.78, 5) is 56.3. The van der Waals surface area contributed by atoms with Gasteiger partial charge < -0.3 is 23.8 Å². The summed E-state index contributed by atoms with van der Waals surface area (Å²) in [6.45, 7) is 3.10. The van der Waals surface area contributed by atoms with Crippen molar-refractivity contribution in [3.63, 3.8) is 0 Å². The van der Waals surface area contributed by atoms with Crippen LogP contribution >= 0.6 is 23.4 Å². The van der Waals surface area contributed by atoms with Crippen LogP contribution in [0, 0.1) is 0 Å². The van der Waals surface area contributed by atoms with E-state index in [1.165, 1.54) is 24.1 Å². The van der Waals surface area contributed by atoms with Gasteiger partial charge in [-0.15, -0.1) is 0 Å². The topological polar surface area (TPSA) is 170 Å². The minimum absolute atomic E-state index is 0.0496. The van der Waals surface area contributed by atoms with Crippen LogP contribution in [0.1, 0.15) is 31.3 Å². The molecule has 1 fully saturated rings. The lowest BCUT2D eigenvalue weighted by atomic mass is 9.97. The van der Waals surface area contributed by atoms with Crippen molar-refractivity contribution in [1.29, 1.82) is 0 Å². The number of hydrogen-bond donors (Lipinski definition) is 0. The highest BCUT2D eigenvalue weighted by Crippen LogP contribution is 2.39. The molecule has 0 saturated carbocycles. The van der Waals surface area contributed by atoms with Crippen molar-refractivity contribution in [3.8, 4) is 0 Å². The Morgan fingerprint density at radius 3 is 2.34 bits per heavy atom. The number of ether oxygens (including phenoxy) is 4. The van der Waals surface area contributed by atoms with Crippen molar-refractivity contribution in [2.75, 3.05) is 20.7 Å². The second-order valence-corrected chi connectivity index (χ2v) is 9.08. The largest absolute Gasteiger partial charge is 0.463 e. The first-order chi connectivity index (χ1) is 16.4. The predicted molar refractivity (Wildman–Crippen MR) is 122 cm³/mol. The summed E-state index contributed by atoms with van der Waals surface area (Å²) in [5.41, 5.74) is 8.13. The average molecular weight is 530 g/mol.